The molecule has 26 heavy (non-hydrogen) atoms. The van der Waals surface area contributed by atoms with E-state index in [1.165, 1.54) is 0 Å². The van der Waals surface area contributed by atoms with Gasteiger partial charge in [-0.05, 0) is 49.0 Å². The molecule has 1 atom stereocenters. The van der Waals surface area contributed by atoms with Crippen molar-refractivity contribution in [1.82, 2.24) is 30.0 Å². The smallest absolute Gasteiger partial charge is 0.244 e. The number of nitrogens with zero attached hydrogens (tertiary/aromatic N) is 6. The molecule has 2 aliphatic heterocycles. The summed E-state index contributed by atoms with van der Waals surface area (Å²) in [5.74, 6) is 1.56. The number of rotatable bonds is 5. The van der Waals surface area contributed by atoms with Gasteiger partial charge in [-0.2, -0.15) is 0 Å². The first-order valence-electron chi connectivity index (χ1n) is 9.67. The zero-order chi connectivity index (χ0) is 18.7. The van der Waals surface area contributed by atoms with Crippen LogP contribution in [0.5, 0.6) is 0 Å². The molecule has 8 heteroatoms. The zero-order valence-corrected chi connectivity index (χ0v) is 16.1. The van der Waals surface area contributed by atoms with Crippen LogP contribution in [0.1, 0.15) is 51.8 Å². The Morgan fingerprint density at radius 2 is 2.08 bits per heavy atom. The molecule has 0 aromatic carbocycles. The minimum absolute atomic E-state index is 0.0501. The molecule has 8 nitrogen and oxygen atoms in total. The molecule has 0 bridgehead atoms. The molecule has 0 N–H and O–H groups in total. The van der Waals surface area contributed by atoms with E-state index in [1.807, 2.05) is 9.80 Å². The summed E-state index contributed by atoms with van der Waals surface area (Å²) in [4.78, 5) is 29.0. The summed E-state index contributed by atoms with van der Waals surface area (Å²) in [5.41, 5.74) is 0.0501. The lowest BCUT2D eigenvalue weighted by atomic mass is 9.73. The van der Waals surface area contributed by atoms with Crippen LogP contribution in [0, 0.1) is 18.3 Å². The number of tetrazole rings is 1. The van der Waals surface area contributed by atoms with Crippen molar-refractivity contribution in [2.45, 2.75) is 59.4 Å². The van der Waals surface area contributed by atoms with Crippen LogP contribution in [-0.2, 0) is 16.1 Å². The van der Waals surface area contributed by atoms with Crippen molar-refractivity contribution >= 4 is 11.8 Å². The minimum atomic E-state index is 0.0501. The van der Waals surface area contributed by atoms with Crippen LogP contribution in [0.3, 0.4) is 0 Å². The molecule has 144 valence electrons. The Kier molecular flexibility index (Phi) is 5.58. The summed E-state index contributed by atoms with van der Waals surface area (Å²) in [6.07, 6.45) is 4.60. The van der Waals surface area contributed by atoms with E-state index in [0.29, 0.717) is 18.2 Å². The first-order chi connectivity index (χ1) is 12.4. The monoisotopic (exact) mass is 362 g/mol. The number of hydrogen-bond donors (Lipinski definition) is 0. The summed E-state index contributed by atoms with van der Waals surface area (Å²) in [5, 5.41) is 11.3. The molecule has 2 aliphatic rings. The highest BCUT2D eigenvalue weighted by atomic mass is 16.2. The third-order valence-electron chi connectivity index (χ3n) is 5.73. The third kappa shape index (κ3) is 4.22. The lowest BCUT2D eigenvalue weighted by molar-refractivity contribution is -0.143. The van der Waals surface area contributed by atoms with Crippen molar-refractivity contribution in [3.8, 4) is 0 Å². The number of carbonyl (C=O) groups is 2. The maximum Gasteiger partial charge on any atom is 0.244 e. The van der Waals surface area contributed by atoms with Crippen LogP contribution in [0.2, 0.25) is 0 Å². The highest BCUT2D eigenvalue weighted by Gasteiger charge is 2.42. The van der Waals surface area contributed by atoms with Gasteiger partial charge in [-0.15, -0.1) is 5.10 Å². The molecule has 0 unspecified atom stereocenters. The molecule has 0 radical (unpaired) electrons. The van der Waals surface area contributed by atoms with Gasteiger partial charge < -0.3 is 9.80 Å². The third-order valence-corrected chi connectivity index (χ3v) is 5.73. The predicted octanol–water partition coefficient (Wildman–Crippen LogP) is 1.26. The summed E-state index contributed by atoms with van der Waals surface area (Å²) >= 11 is 0. The van der Waals surface area contributed by atoms with Gasteiger partial charge in [-0.25, -0.2) is 4.68 Å². The lowest BCUT2D eigenvalue weighted by Crippen LogP contribution is -2.55. The SMILES string of the molecule is Cc1nnnn1CC(=O)N1CCC[C@]2(CCC(=O)N(CCC(C)C)C2)C1. The molecule has 2 fully saturated rings. The Labute approximate surface area is 154 Å². The minimum Gasteiger partial charge on any atom is -0.342 e. The summed E-state index contributed by atoms with van der Waals surface area (Å²) < 4.78 is 1.54. The van der Waals surface area contributed by atoms with Gasteiger partial charge in [0.1, 0.15) is 12.4 Å². The van der Waals surface area contributed by atoms with Gasteiger partial charge in [0.05, 0.1) is 0 Å². The van der Waals surface area contributed by atoms with E-state index in [9.17, 15) is 9.59 Å². The predicted molar refractivity (Wildman–Crippen MR) is 96.1 cm³/mol. The fraction of sp³-hybridized carbons (Fsp3) is 0.833. The maximum absolute atomic E-state index is 12.7. The van der Waals surface area contributed by atoms with Gasteiger partial charge in [0.25, 0.3) is 0 Å². The number of amides is 2. The van der Waals surface area contributed by atoms with Crippen LogP contribution in [-0.4, -0.2) is 68.0 Å². The van der Waals surface area contributed by atoms with Crippen LogP contribution >= 0.6 is 0 Å². The second kappa shape index (κ2) is 7.72. The highest BCUT2D eigenvalue weighted by molar-refractivity contribution is 5.78. The Morgan fingerprint density at radius 3 is 2.77 bits per heavy atom. The van der Waals surface area contributed by atoms with Gasteiger partial charge in [0.15, 0.2) is 0 Å². The molecule has 2 saturated heterocycles. The van der Waals surface area contributed by atoms with E-state index in [0.717, 1.165) is 51.9 Å². The van der Waals surface area contributed by atoms with Crippen molar-refractivity contribution in [2.75, 3.05) is 26.2 Å². The van der Waals surface area contributed by atoms with Crippen molar-refractivity contribution in [3.05, 3.63) is 5.82 Å². The average Bonchev–Trinajstić information content (AvgIpc) is 3.01. The van der Waals surface area contributed by atoms with Crippen LogP contribution in [0.25, 0.3) is 0 Å². The van der Waals surface area contributed by atoms with Gasteiger partial charge in [0, 0.05) is 38.0 Å². The highest BCUT2D eigenvalue weighted by Crippen LogP contribution is 2.39. The molecule has 0 saturated carbocycles. The van der Waals surface area contributed by atoms with Crippen LogP contribution < -0.4 is 0 Å². The molecule has 3 rings (SSSR count). The normalized spacial score (nSPS) is 23.9. The second-order valence-electron chi connectivity index (χ2n) is 8.30. The summed E-state index contributed by atoms with van der Waals surface area (Å²) in [6, 6.07) is 0. The van der Waals surface area contributed by atoms with Gasteiger partial charge in [-0.1, -0.05) is 13.8 Å². The first-order valence-corrected chi connectivity index (χ1v) is 9.67. The van der Waals surface area contributed by atoms with E-state index >= 15 is 0 Å². The standard InChI is InChI=1S/C18H30N6O2/c1-14(2)6-10-23-13-18(8-5-16(23)25)7-4-9-22(12-18)17(26)11-24-15(3)19-20-21-24/h14H,4-13H2,1-3H3/t18-/m0/s1. The quantitative estimate of drug-likeness (QED) is 0.787. The van der Waals surface area contributed by atoms with E-state index in [-0.39, 0.29) is 23.8 Å². The van der Waals surface area contributed by atoms with Crippen LogP contribution in [0.4, 0.5) is 0 Å². The number of piperidine rings is 2. The Hall–Kier alpha value is -1.99. The van der Waals surface area contributed by atoms with E-state index in [2.05, 4.69) is 29.4 Å². The number of hydrogen-bond acceptors (Lipinski definition) is 5. The molecule has 2 amide bonds. The van der Waals surface area contributed by atoms with E-state index in [4.69, 9.17) is 0 Å². The van der Waals surface area contributed by atoms with E-state index in [1.54, 1.807) is 11.6 Å². The molecule has 1 aromatic heterocycles. The van der Waals surface area contributed by atoms with Gasteiger partial charge in [-0.3, -0.25) is 9.59 Å². The van der Waals surface area contributed by atoms with Crippen molar-refractivity contribution in [1.29, 1.82) is 0 Å². The van der Waals surface area contributed by atoms with Gasteiger partial charge >= 0.3 is 0 Å². The molecular formula is C18H30N6O2. The summed E-state index contributed by atoms with van der Waals surface area (Å²) in [7, 11) is 0. The number of likely N-dealkylation sites (tertiary alicyclic amines) is 2. The van der Waals surface area contributed by atoms with Crippen LogP contribution in [0.15, 0.2) is 0 Å². The van der Waals surface area contributed by atoms with Crippen molar-refractivity contribution in [3.63, 3.8) is 0 Å². The fourth-order valence-corrected chi connectivity index (χ4v) is 4.10. The molecule has 1 spiro atoms. The Bertz CT molecular complexity index is 658. The number of carbonyl (C=O) groups excluding carboxylic acids is 2. The molecule has 0 aliphatic carbocycles. The zero-order valence-electron chi connectivity index (χ0n) is 16.1. The maximum atomic E-state index is 12.7. The first kappa shape index (κ1) is 18.8. The fourth-order valence-electron chi connectivity index (χ4n) is 4.10. The lowest BCUT2D eigenvalue weighted by Gasteiger charge is -2.48. The summed E-state index contributed by atoms with van der Waals surface area (Å²) in [6.45, 7) is 9.48. The molecular weight excluding hydrogens is 332 g/mol. The molecule has 3 heterocycles. The largest absolute Gasteiger partial charge is 0.342 e. The Morgan fingerprint density at radius 1 is 1.27 bits per heavy atom. The van der Waals surface area contributed by atoms with Crippen molar-refractivity contribution < 1.29 is 9.59 Å². The topological polar surface area (TPSA) is 84.2 Å². The number of aryl methyl sites for hydroxylation is 1. The Balaban J connectivity index is 1.63. The van der Waals surface area contributed by atoms with E-state index < -0.39 is 0 Å². The second-order valence-corrected chi connectivity index (χ2v) is 8.30. The number of aromatic nitrogens is 4. The van der Waals surface area contributed by atoms with Gasteiger partial charge in [0.2, 0.25) is 11.8 Å². The van der Waals surface area contributed by atoms with Crippen molar-refractivity contribution in [2.24, 2.45) is 11.3 Å². The molecule has 1 aromatic rings. The average molecular weight is 362 g/mol.